The molecular weight excluding hydrogens is 268 g/mol. The topological polar surface area (TPSA) is 71.4 Å². The first-order valence-electron chi connectivity index (χ1n) is 6.33. The van der Waals surface area contributed by atoms with E-state index in [-0.39, 0.29) is 18.9 Å². The first-order valence-corrected chi connectivity index (χ1v) is 6.33. The molecule has 2 rings (SSSR count). The van der Waals surface area contributed by atoms with Crippen LogP contribution in [-0.4, -0.2) is 25.7 Å². The quantitative estimate of drug-likeness (QED) is 0.850. The molecule has 1 aromatic carbocycles. The monoisotopic (exact) mass is 282 g/mol. The van der Waals surface area contributed by atoms with Crippen molar-refractivity contribution in [3.8, 4) is 29.9 Å². The van der Waals surface area contributed by atoms with Gasteiger partial charge in [0.1, 0.15) is 24.1 Å². The summed E-state index contributed by atoms with van der Waals surface area (Å²) in [6, 6.07) is 6.61. The number of nitrogens with zero attached hydrogens (tertiary/aromatic N) is 1. The van der Waals surface area contributed by atoms with E-state index in [4.69, 9.17) is 21.2 Å². The van der Waals surface area contributed by atoms with Crippen LogP contribution in [0, 0.1) is 23.7 Å². The minimum Gasteiger partial charge on any atom is -0.497 e. The normalized spacial score (nSPS) is 13.6. The molecule has 5 nitrogen and oxygen atoms in total. The predicted molar refractivity (Wildman–Crippen MR) is 77.5 cm³/mol. The largest absolute Gasteiger partial charge is 0.497 e. The van der Waals surface area contributed by atoms with E-state index in [0.717, 1.165) is 5.56 Å². The van der Waals surface area contributed by atoms with Crippen LogP contribution in [0.25, 0.3) is 6.08 Å². The fourth-order valence-corrected chi connectivity index (χ4v) is 1.91. The minimum absolute atomic E-state index is 0.152. The van der Waals surface area contributed by atoms with E-state index in [2.05, 4.69) is 11.2 Å². The van der Waals surface area contributed by atoms with Gasteiger partial charge in [0, 0.05) is 12.0 Å². The SMILES string of the molecule is C#CC[C@H](C#N)NC(=O)C1=Cc2cc(OC)ccc2OC1. The molecule has 1 amide bonds. The first kappa shape index (κ1) is 14.5. The number of ether oxygens (including phenoxy) is 2. The van der Waals surface area contributed by atoms with E-state index < -0.39 is 6.04 Å². The van der Waals surface area contributed by atoms with E-state index in [1.165, 1.54) is 0 Å². The molecule has 0 aliphatic carbocycles. The Labute approximate surface area is 123 Å². The molecule has 21 heavy (non-hydrogen) atoms. The Morgan fingerprint density at radius 1 is 1.62 bits per heavy atom. The summed E-state index contributed by atoms with van der Waals surface area (Å²) in [7, 11) is 1.57. The maximum absolute atomic E-state index is 12.1. The van der Waals surface area contributed by atoms with Gasteiger partial charge in [-0.2, -0.15) is 5.26 Å². The van der Waals surface area contributed by atoms with Crippen molar-refractivity contribution in [2.45, 2.75) is 12.5 Å². The third kappa shape index (κ3) is 3.34. The molecule has 0 unspecified atom stereocenters. The second-order valence-corrected chi connectivity index (χ2v) is 4.43. The van der Waals surface area contributed by atoms with Crippen LogP contribution in [-0.2, 0) is 4.79 Å². The summed E-state index contributed by atoms with van der Waals surface area (Å²) < 4.78 is 10.7. The van der Waals surface area contributed by atoms with Crippen molar-refractivity contribution in [1.82, 2.24) is 5.32 Å². The molecule has 0 saturated heterocycles. The van der Waals surface area contributed by atoms with Gasteiger partial charge in [0.2, 0.25) is 0 Å². The fourth-order valence-electron chi connectivity index (χ4n) is 1.91. The van der Waals surface area contributed by atoms with Crippen LogP contribution in [0.3, 0.4) is 0 Å². The Kier molecular flexibility index (Phi) is 4.48. The smallest absolute Gasteiger partial charge is 0.251 e. The van der Waals surface area contributed by atoms with Crippen LogP contribution in [0.2, 0.25) is 0 Å². The predicted octanol–water partition coefficient (Wildman–Crippen LogP) is 1.50. The summed E-state index contributed by atoms with van der Waals surface area (Å²) >= 11 is 0. The summed E-state index contributed by atoms with van der Waals surface area (Å²) in [4.78, 5) is 12.1. The number of carbonyl (C=O) groups excluding carboxylic acids is 1. The summed E-state index contributed by atoms with van der Waals surface area (Å²) in [6.07, 6.45) is 7.04. The number of amides is 1. The Morgan fingerprint density at radius 3 is 3.10 bits per heavy atom. The lowest BCUT2D eigenvalue weighted by Gasteiger charge is -2.19. The molecule has 1 N–H and O–H groups in total. The molecule has 0 spiro atoms. The first-order chi connectivity index (χ1) is 10.2. The number of nitrogens with one attached hydrogen (secondary N) is 1. The van der Waals surface area contributed by atoms with Gasteiger partial charge in [-0.15, -0.1) is 12.3 Å². The number of hydrogen-bond acceptors (Lipinski definition) is 4. The van der Waals surface area contributed by atoms with Crippen molar-refractivity contribution in [2.24, 2.45) is 0 Å². The number of terminal acetylenes is 1. The summed E-state index contributed by atoms with van der Waals surface area (Å²) in [6.45, 7) is 0.152. The standard InChI is InChI=1S/C16H14N2O3/c1-3-4-13(9-17)18-16(19)12-7-11-8-14(20-2)5-6-15(11)21-10-12/h1,5-8,13H,4,10H2,2H3,(H,18,19)/t13-/m1/s1. The van der Waals surface area contributed by atoms with Crippen LogP contribution in [0.5, 0.6) is 11.5 Å². The highest BCUT2D eigenvalue weighted by Gasteiger charge is 2.19. The third-order valence-electron chi connectivity index (χ3n) is 3.00. The van der Waals surface area contributed by atoms with Gasteiger partial charge < -0.3 is 14.8 Å². The van der Waals surface area contributed by atoms with E-state index in [1.807, 2.05) is 6.07 Å². The van der Waals surface area contributed by atoms with Crippen molar-refractivity contribution in [3.63, 3.8) is 0 Å². The van der Waals surface area contributed by atoms with E-state index in [9.17, 15) is 4.79 Å². The van der Waals surface area contributed by atoms with Gasteiger partial charge in [-0.1, -0.05) is 0 Å². The molecule has 0 fully saturated rings. The second-order valence-electron chi connectivity index (χ2n) is 4.43. The average Bonchev–Trinajstić information content (AvgIpc) is 2.53. The third-order valence-corrected chi connectivity index (χ3v) is 3.00. The van der Waals surface area contributed by atoms with E-state index in [0.29, 0.717) is 17.1 Å². The maximum atomic E-state index is 12.1. The number of hydrogen-bond donors (Lipinski definition) is 1. The molecular formula is C16H14N2O3. The van der Waals surface area contributed by atoms with Crippen molar-refractivity contribution < 1.29 is 14.3 Å². The van der Waals surface area contributed by atoms with Crippen molar-refractivity contribution in [1.29, 1.82) is 5.26 Å². The number of rotatable bonds is 4. The van der Waals surface area contributed by atoms with Crippen molar-refractivity contribution >= 4 is 12.0 Å². The van der Waals surface area contributed by atoms with Crippen molar-refractivity contribution in [2.75, 3.05) is 13.7 Å². The molecule has 1 atom stereocenters. The molecule has 0 radical (unpaired) electrons. The fraction of sp³-hybridized carbons (Fsp3) is 0.250. The molecule has 1 aromatic rings. The lowest BCUT2D eigenvalue weighted by Crippen LogP contribution is -2.36. The highest BCUT2D eigenvalue weighted by Crippen LogP contribution is 2.29. The van der Waals surface area contributed by atoms with E-state index >= 15 is 0 Å². The zero-order valence-corrected chi connectivity index (χ0v) is 11.6. The Hall–Kier alpha value is -2.92. The van der Waals surface area contributed by atoms with Gasteiger partial charge in [0.15, 0.2) is 0 Å². The van der Waals surface area contributed by atoms with Gasteiger partial charge in [-0.05, 0) is 24.3 Å². The van der Waals surface area contributed by atoms with Crippen LogP contribution < -0.4 is 14.8 Å². The van der Waals surface area contributed by atoms with Crippen LogP contribution >= 0.6 is 0 Å². The zero-order chi connectivity index (χ0) is 15.2. The Bertz CT molecular complexity index is 665. The van der Waals surface area contributed by atoms with Gasteiger partial charge >= 0.3 is 0 Å². The molecule has 0 saturated carbocycles. The van der Waals surface area contributed by atoms with Gasteiger partial charge in [0.25, 0.3) is 5.91 Å². The summed E-state index contributed by atoms with van der Waals surface area (Å²) in [5.41, 5.74) is 1.20. The summed E-state index contributed by atoms with van der Waals surface area (Å²) in [5.74, 6) is 3.36. The van der Waals surface area contributed by atoms with E-state index in [1.54, 1.807) is 31.4 Å². The number of carbonyl (C=O) groups is 1. The lowest BCUT2D eigenvalue weighted by molar-refractivity contribution is -0.118. The lowest BCUT2D eigenvalue weighted by atomic mass is 10.1. The molecule has 106 valence electrons. The Morgan fingerprint density at radius 2 is 2.43 bits per heavy atom. The highest BCUT2D eigenvalue weighted by atomic mass is 16.5. The van der Waals surface area contributed by atoms with Gasteiger partial charge in [-0.3, -0.25) is 4.79 Å². The van der Waals surface area contributed by atoms with Gasteiger partial charge in [0.05, 0.1) is 18.8 Å². The zero-order valence-electron chi connectivity index (χ0n) is 11.6. The van der Waals surface area contributed by atoms with Gasteiger partial charge in [-0.25, -0.2) is 0 Å². The number of fused-ring (bicyclic) bond motifs is 1. The number of benzene rings is 1. The van der Waals surface area contributed by atoms with Crippen LogP contribution in [0.1, 0.15) is 12.0 Å². The molecule has 1 aliphatic heterocycles. The summed E-state index contributed by atoms with van der Waals surface area (Å²) in [5, 5.41) is 11.5. The minimum atomic E-state index is -0.699. The molecule has 0 aromatic heterocycles. The maximum Gasteiger partial charge on any atom is 0.251 e. The number of nitriles is 1. The average molecular weight is 282 g/mol. The van der Waals surface area contributed by atoms with Crippen LogP contribution in [0.15, 0.2) is 23.8 Å². The number of methoxy groups -OCH3 is 1. The molecule has 1 heterocycles. The molecule has 5 heteroatoms. The second kappa shape index (κ2) is 6.49. The highest BCUT2D eigenvalue weighted by molar-refractivity contribution is 5.99. The molecule has 0 bridgehead atoms. The Balaban J connectivity index is 2.18. The molecule has 1 aliphatic rings. The van der Waals surface area contributed by atoms with Crippen LogP contribution in [0.4, 0.5) is 0 Å². The van der Waals surface area contributed by atoms with Crippen molar-refractivity contribution in [3.05, 3.63) is 29.3 Å².